The van der Waals surface area contributed by atoms with E-state index in [4.69, 9.17) is 0 Å². The molecule has 1 aromatic carbocycles. The summed E-state index contributed by atoms with van der Waals surface area (Å²) in [7, 11) is 5.08. The standard InChI is InChI=1S/C24H26N6O3/c1-16-11-12-26-21(13-16)27-22(32)15-28(2)23(33)10-9-20(31)17(14-25)24-29(3)18-7-5-6-8-19(18)30(24)4/h5-8,11-13H,9-10,15H2,1-4H3,(H,26,27,32). The van der Waals surface area contributed by atoms with Crippen molar-refractivity contribution in [3.8, 4) is 6.07 Å². The molecule has 0 fully saturated rings. The van der Waals surface area contributed by atoms with E-state index in [1.165, 1.54) is 11.9 Å². The Morgan fingerprint density at radius 2 is 1.73 bits per heavy atom. The van der Waals surface area contributed by atoms with Crippen molar-refractivity contribution in [1.82, 2.24) is 9.88 Å². The summed E-state index contributed by atoms with van der Waals surface area (Å²) in [5.74, 6) is -0.285. The lowest BCUT2D eigenvalue weighted by molar-refractivity contribution is -0.134. The first-order valence-electron chi connectivity index (χ1n) is 10.4. The summed E-state index contributed by atoms with van der Waals surface area (Å²) in [6.45, 7) is 1.71. The van der Waals surface area contributed by atoms with Gasteiger partial charge in [0, 0.05) is 40.2 Å². The molecule has 33 heavy (non-hydrogen) atoms. The minimum absolute atomic E-state index is 0.00471. The fourth-order valence-corrected chi connectivity index (χ4v) is 3.68. The van der Waals surface area contributed by atoms with Crippen molar-refractivity contribution in [3.05, 3.63) is 59.6 Å². The van der Waals surface area contributed by atoms with Crippen molar-refractivity contribution in [3.63, 3.8) is 0 Å². The summed E-state index contributed by atoms with van der Waals surface area (Å²) in [6.07, 6.45) is 1.35. The number of pyridine rings is 1. The molecule has 1 aliphatic rings. The number of fused-ring (bicyclic) bond motifs is 1. The zero-order valence-electron chi connectivity index (χ0n) is 19.1. The summed E-state index contributed by atoms with van der Waals surface area (Å²) >= 11 is 0. The van der Waals surface area contributed by atoms with Gasteiger partial charge in [0.1, 0.15) is 23.3 Å². The van der Waals surface area contributed by atoms with Crippen molar-refractivity contribution in [1.29, 1.82) is 5.26 Å². The van der Waals surface area contributed by atoms with Crippen molar-refractivity contribution in [2.45, 2.75) is 19.8 Å². The van der Waals surface area contributed by atoms with Gasteiger partial charge in [0.15, 0.2) is 5.78 Å². The van der Waals surface area contributed by atoms with Crippen molar-refractivity contribution in [2.24, 2.45) is 0 Å². The average molecular weight is 447 g/mol. The Morgan fingerprint density at radius 1 is 1.09 bits per heavy atom. The van der Waals surface area contributed by atoms with Crippen LogP contribution < -0.4 is 15.1 Å². The van der Waals surface area contributed by atoms with E-state index in [9.17, 15) is 19.6 Å². The number of likely N-dealkylation sites (N-methyl/N-ethyl adjacent to an activating group) is 1. The van der Waals surface area contributed by atoms with E-state index >= 15 is 0 Å². The number of para-hydroxylation sites is 2. The van der Waals surface area contributed by atoms with E-state index in [1.54, 1.807) is 36.2 Å². The van der Waals surface area contributed by atoms with Crippen molar-refractivity contribution >= 4 is 34.8 Å². The largest absolute Gasteiger partial charge is 0.336 e. The highest BCUT2D eigenvalue weighted by Gasteiger charge is 2.31. The predicted molar refractivity (Wildman–Crippen MR) is 125 cm³/mol. The van der Waals surface area contributed by atoms with Gasteiger partial charge in [0.05, 0.1) is 17.9 Å². The number of nitrogens with zero attached hydrogens (tertiary/aromatic N) is 5. The van der Waals surface area contributed by atoms with E-state index in [1.807, 2.05) is 43.3 Å². The highest BCUT2D eigenvalue weighted by molar-refractivity contribution is 6.04. The predicted octanol–water partition coefficient (Wildman–Crippen LogP) is 2.46. The molecule has 2 amide bonds. The zero-order chi connectivity index (χ0) is 24.1. The molecule has 170 valence electrons. The molecular weight excluding hydrogens is 420 g/mol. The molecule has 1 aliphatic heterocycles. The number of nitrogens with one attached hydrogen (secondary N) is 1. The molecule has 0 atom stereocenters. The SMILES string of the molecule is Cc1ccnc(NC(=O)CN(C)C(=O)CCC(=O)C(C#N)=C2N(C)c3ccccc3N2C)c1. The second kappa shape index (κ2) is 9.96. The average Bonchev–Trinajstić information content (AvgIpc) is 3.03. The molecule has 1 N–H and O–H groups in total. The second-order valence-electron chi connectivity index (χ2n) is 7.86. The lowest BCUT2D eigenvalue weighted by Crippen LogP contribution is -2.35. The first-order chi connectivity index (χ1) is 15.7. The van der Waals surface area contributed by atoms with E-state index in [-0.39, 0.29) is 36.8 Å². The van der Waals surface area contributed by atoms with Crippen LogP contribution in [0.1, 0.15) is 18.4 Å². The topological polar surface area (TPSA) is 110 Å². The minimum atomic E-state index is -0.422. The van der Waals surface area contributed by atoms with Gasteiger partial charge in [0.25, 0.3) is 0 Å². The van der Waals surface area contributed by atoms with Gasteiger partial charge >= 0.3 is 0 Å². The number of carbonyl (C=O) groups excluding carboxylic acids is 3. The van der Waals surface area contributed by atoms with Crippen molar-refractivity contribution < 1.29 is 14.4 Å². The van der Waals surface area contributed by atoms with Gasteiger partial charge < -0.3 is 20.0 Å². The zero-order valence-corrected chi connectivity index (χ0v) is 19.1. The lowest BCUT2D eigenvalue weighted by atomic mass is 10.1. The van der Waals surface area contributed by atoms with Crippen molar-refractivity contribution in [2.75, 3.05) is 42.8 Å². The summed E-state index contributed by atoms with van der Waals surface area (Å²) < 4.78 is 0. The molecule has 0 aliphatic carbocycles. The molecule has 0 spiro atoms. The van der Waals surface area contributed by atoms with E-state index in [0.29, 0.717) is 11.6 Å². The Labute approximate surface area is 192 Å². The Bertz CT molecular complexity index is 1140. The Balaban J connectivity index is 1.60. The second-order valence-corrected chi connectivity index (χ2v) is 7.86. The van der Waals surface area contributed by atoms with Gasteiger partial charge in [-0.15, -0.1) is 0 Å². The number of allylic oxidation sites excluding steroid dienone is 1. The molecule has 2 aromatic rings. The maximum atomic E-state index is 12.8. The van der Waals surface area contributed by atoms with Gasteiger partial charge in [0.2, 0.25) is 11.8 Å². The van der Waals surface area contributed by atoms with Crippen LogP contribution in [0.4, 0.5) is 17.2 Å². The van der Waals surface area contributed by atoms with Gasteiger partial charge in [-0.05, 0) is 36.8 Å². The van der Waals surface area contributed by atoms with Crippen LogP contribution in [0.15, 0.2) is 54.0 Å². The van der Waals surface area contributed by atoms with E-state index in [2.05, 4.69) is 10.3 Å². The molecule has 9 heteroatoms. The fourth-order valence-electron chi connectivity index (χ4n) is 3.68. The number of rotatable bonds is 7. The third-order valence-electron chi connectivity index (χ3n) is 5.41. The third kappa shape index (κ3) is 5.18. The molecule has 9 nitrogen and oxygen atoms in total. The normalized spacial score (nSPS) is 12.2. The van der Waals surface area contributed by atoms with Crippen LogP contribution in [0, 0.1) is 18.3 Å². The highest BCUT2D eigenvalue weighted by Crippen LogP contribution is 2.40. The number of carbonyl (C=O) groups is 3. The number of amides is 2. The van der Waals surface area contributed by atoms with E-state index in [0.717, 1.165) is 16.9 Å². The fraction of sp³-hybridized carbons (Fsp3) is 0.292. The summed E-state index contributed by atoms with van der Waals surface area (Å²) in [5, 5.41) is 12.3. The van der Waals surface area contributed by atoms with E-state index < -0.39 is 5.78 Å². The quantitative estimate of drug-likeness (QED) is 0.514. The van der Waals surface area contributed by atoms with Gasteiger partial charge in [-0.2, -0.15) is 5.26 Å². The number of anilines is 3. The Hall–Kier alpha value is -4.19. The smallest absolute Gasteiger partial charge is 0.245 e. The molecular formula is C24H26N6O3. The lowest BCUT2D eigenvalue weighted by Gasteiger charge is -2.20. The highest BCUT2D eigenvalue weighted by atomic mass is 16.2. The first-order valence-corrected chi connectivity index (χ1v) is 10.4. The first kappa shape index (κ1) is 23.5. The summed E-state index contributed by atoms with van der Waals surface area (Å²) in [5.41, 5.74) is 2.73. The Kier molecular flexibility index (Phi) is 7.08. The monoisotopic (exact) mass is 446 g/mol. The van der Waals surface area contributed by atoms with Gasteiger partial charge in [-0.25, -0.2) is 4.98 Å². The third-order valence-corrected chi connectivity index (χ3v) is 5.41. The number of benzene rings is 1. The van der Waals surface area contributed by atoms with Crippen LogP contribution in [0.5, 0.6) is 0 Å². The van der Waals surface area contributed by atoms with Crippen LogP contribution >= 0.6 is 0 Å². The Morgan fingerprint density at radius 3 is 2.30 bits per heavy atom. The molecule has 3 rings (SSSR count). The number of ketones is 1. The number of hydrogen-bond acceptors (Lipinski definition) is 7. The number of aryl methyl sites for hydroxylation is 1. The van der Waals surface area contributed by atoms with Gasteiger partial charge in [-0.1, -0.05) is 12.1 Å². The number of aromatic nitrogens is 1. The van der Waals surface area contributed by atoms with Gasteiger partial charge in [-0.3, -0.25) is 14.4 Å². The molecule has 2 heterocycles. The number of hydrogen-bond donors (Lipinski definition) is 1. The summed E-state index contributed by atoms with van der Waals surface area (Å²) in [6, 6.07) is 13.1. The molecule has 0 radical (unpaired) electrons. The molecule has 0 saturated carbocycles. The molecule has 0 saturated heterocycles. The van der Waals surface area contributed by atoms with Crippen LogP contribution in [-0.2, 0) is 14.4 Å². The molecule has 1 aromatic heterocycles. The van der Waals surface area contributed by atoms with Crippen LogP contribution in [-0.4, -0.2) is 55.2 Å². The van der Waals surface area contributed by atoms with Crippen LogP contribution in [0.25, 0.3) is 0 Å². The minimum Gasteiger partial charge on any atom is -0.336 e. The molecule has 0 bridgehead atoms. The maximum Gasteiger partial charge on any atom is 0.245 e. The molecule has 0 unspecified atom stereocenters. The van der Waals surface area contributed by atoms with Crippen LogP contribution in [0.2, 0.25) is 0 Å². The number of nitriles is 1. The number of Topliss-reactive ketones (excluding diaryl/α,β-unsaturated/α-hetero) is 1. The summed E-state index contributed by atoms with van der Waals surface area (Å²) in [4.78, 5) is 46.4. The maximum absolute atomic E-state index is 12.8. The van der Waals surface area contributed by atoms with Crippen LogP contribution in [0.3, 0.4) is 0 Å².